The average Bonchev–Trinajstić information content (AvgIpc) is 2.16. The maximum atomic E-state index is 10.8. The van der Waals surface area contributed by atoms with Crippen molar-refractivity contribution in [1.82, 2.24) is 4.72 Å². The third-order valence-corrected chi connectivity index (χ3v) is 2.44. The summed E-state index contributed by atoms with van der Waals surface area (Å²) in [5.41, 5.74) is 0.906. The van der Waals surface area contributed by atoms with E-state index in [0.29, 0.717) is 13.2 Å². The number of nitrogens with one attached hydrogen (secondary N) is 1. The minimum Gasteiger partial charge on any atom is -0.494 e. The van der Waals surface area contributed by atoms with Crippen LogP contribution in [0.15, 0.2) is 24.3 Å². The van der Waals surface area contributed by atoms with Crippen molar-refractivity contribution in [1.29, 1.82) is 0 Å². The van der Waals surface area contributed by atoms with Crippen LogP contribution in [0.25, 0.3) is 0 Å². The third-order valence-electron chi connectivity index (χ3n) is 1.77. The van der Waals surface area contributed by atoms with E-state index in [1.165, 1.54) is 0 Å². The maximum Gasteiger partial charge on any atom is 0.209 e. The van der Waals surface area contributed by atoms with E-state index in [9.17, 15) is 8.42 Å². The first-order valence-corrected chi connectivity index (χ1v) is 6.57. The molecule has 0 heterocycles. The van der Waals surface area contributed by atoms with E-state index in [4.69, 9.17) is 4.74 Å². The van der Waals surface area contributed by atoms with Crippen molar-refractivity contribution in [3.05, 3.63) is 29.8 Å². The van der Waals surface area contributed by atoms with Gasteiger partial charge in [0.15, 0.2) is 0 Å². The number of rotatable bonds is 5. The molecule has 1 aromatic rings. The third kappa shape index (κ3) is 4.80. The van der Waals surface area contributed by atoms with Gasteiger partial charge in [-0.15, -0.1) is 0 Å². The van der Waals surface area contributed by atoms with E-state index in [1.54, 1.807) is 0 Å². The van der Waals surface area contributed by atoms with Gasteiger partial charge in [0, 0.05) is 6.54 Å². The Balaban J connectivity index is 2.57. The van der Waals surface area contributed by atoms with Crippen molar-refractivity contribution in [3.8, 4) is 5.75 Å². The normalized spacial score (nSPS) is 11.3. The Hall–Kier alpha value is -1.07. The highest BCUT2D eigenvalue weighted by Crippen LogP contribution is 2.11. The molecule has 1 aromatic carbocycles. The zero-order valence-corrected chi connectivity index (χ0v) is 9.67. The van der Waals surface area contributed by atoms with Gasteiger partial charge in [0.25, 0.3) is 0 Å². The van der Waals surface area contributed by atoms with Gasteiger partial charge in [-0.25, -0.2) is 13.1 Å². The number of sulfonamides is 1. The van der Waals surface area contributed by atoms with Gasteiger partial charge in [-0.2, -0.15) is 0 Å². The summed E-state index contributed by atoms with van der Waals surface area (Å²) in [4.78, 5) is 0. The number of ether oxygens (including phenoxy) is 1. The SMILES string of the molecule is CCOc1ccc(CNS(C)(=O)=O)cc1. The van der Waals surface area contributed by atoms with E-state index in [1.807, 2.05) is 31.2 Å². The van der Waals surface area contributed by atoms with E-state index in [2.05, 4.69) is 4.72 Å². The molecule has 0 spiro atoms. The van der Waals surface area contributed by atoms with Crippen LogP contribution in [-0.4, -0.2) is 21.3 Å². The number of hydrogen-bond acceptors (Lipinski definition) is 3. The lowest BCUT2D eigenvalue weighted by molar-refractivity contribution is 0.340. The van der Waals surface area contributed by atoms with Gasteiger partial charge in [-0.3, -0.25) is 0 Å². The lowest BCUT2D eigenvalue weighted by atomic mass is 10.2. The minimum absolute atomic E-state index is 0.311. The molecule has 0 fully saturated rings. The molecular formula is C10H15NO3S. The first kappa shape index (κ1) is 12.0. The molecule has 0 atom stereocenters. The molecule has 0 saturated carbocycles. The van der Waals surface area contributed by atoms with Crippen molar-refractivity contribution in [2.75, 3.05) is 12.9 Å². The first-order valence-electron chi connectivity index (χ1n) is 4.67. The molecule has 0 aliphatic carbocycles. The lowest BCUT2D eigenvalue weighted by Crippen LogP contribution is -2.21. The summed E-state index contributed by atoms with van der Waals surface area (Å²) < 4.78 is 29.4. The van der Waals surface area contributed by atoms with Crippen molar-refractivity contribution >= 4 is 10.0 Å². The summed E-state index contributed by atoms with van der Waals surface area (Å²) in [6.45, 7) is 2.85. The molecule has 84 valence electrons. The van der Waals surface area contributed by atoms with Crippen molar-refractivity contribution in [2.45, 2.75) is 13.5 Å². The Morgan fingerprint density at radius 3 is 2.33 bits per heavy atom. The van der Waals surface area contributed by atoms with E-state index >= 15 is 0 Å². The lowest BCUT2D eigenvalue weighted by Gasteiger charge is -2.05. The van der Waals surface area contributed by atoms with Gasteiger partial charge in [0.1, 0.15) is 5.75 Å². The smallest absolute Gasteiger partial charge is 0.209 e. The second kappa shape index (κ2) is 5.14. The largest absolute Gasteiger partial charge is 0.494 e. The molecule has 1 N–H and O–H groups in total. The zero-order chi connectivity index (χ0) is 11.3. The second-order valence-electron chi connectivity index (χ2n) is 3.17. The Labute approximate surface area is 90.3 Å². The monoisotopic (exact) mass is 229 g/mol. The van der Waals surface area contributed by atoms with Crippen molar-refractivity contribution in [2.24, 2.45) is 0 Å². The summed E-state index contributed by atoms with van der Waals surface area (Å²) in [6.07, 6.45) is 1.14. The predicted octanol–water partition coefficient (Wildman–Crippen LogP) is 1.13. The zero-order valence-electron chi connectivity index (χ0n) is 8.86. The van der Waals surface area contributed by atoms with Gasteiger partial charge in [0.2, 0.25) is 10.0 Å². The highest BCUT2D eigenvalue weighted by Gasteiger charge is 2.00. The highest BCUT2D eigenvalue weighted by molar-refractivity contribution is 7.88. The number of benzene rings is 1. The van der Waals surface area contributed by atoms with Crippen LogP contribution >= 0.6 is 0 Å². The molecule has 15 heavy (non-hydrogen) atoms. The molecule has 0 radical (unpaired) electrons. The maximum absolute atomic E-state index is 10.8. The molecule has 1 rings (SSSR count). The minimum atomic E-state index is -3.12. The summed E-state index contributed by atoms with van der Waals surface area (Å²) in [5.74, 6) is 0.792. The van der Waals surface area contributed by atoms with Crippen LogP contribution in [0.2, 0.25) is 0 Å². The fourth-order valence-corrected chi connectivity index (χ4v) is 1.51. The molecule has 0 bridgehead atoms. The van der Waals surface area contributed by atoms with Gasteiger partial charge in [-0.05, 0) is 24.6 Å². The number of hydrogen-bond donors (Lipinski definition) is 1. The van der Waals surface area contributed by atoms with Gasteiger partial charge in [-0.1, -0.05) is 12.1 Å². The summed E-state index contributed by atoms with van der Waals surface area (Å²) in [7, 11) is -3.12. The van der Waals surface area contributed by atoms with Gasteiger partial charge < -0.3 is 4.74 Å². The first-order chi connectivity index (χ1) is 7.01. The molecule has 0 aliphatic rings. The predicted molar refractivity (Wildman–Crippen MR) is 59.3 cm³/mol. The van der Waals surface area contributed by atoms with E-state index < -0.39 is 10.0 Å². The fourth-order valence-electron chi connectivity index (χ4n) is 1.08. The second-order valence-corrected chi connectivity index (χ2v) is 5.00. The molecule has 0 amide bonds. The molecule has 5 heteroatoms. The van der Waals surface area contributed by atoms with Crippen LogP contribution in [-0.2, 0) is 16.6 Å². The Kier molecular flexibility index (Phi) is 4.11. The van der Waals surface area contributed by atoms with Crippen LogP contribution in [0.5, 0.6) is 5.75 Å². The van der Waals surface area contributed by atoms with Gasteiger partial charge in [0.05, 0.1) is 12.9 Å². The van der Waals surface area contributed by atoms with Crippen LogP contribution in [0.3, 0.4) is 0 Å². The van der Waals surface area contributed by atoms with Crippen LogP contribution in [0.1, 0.15) is 12.5 Å². The summed E-state index contributed by atoms with van der Waals surface area (Å²) in [6, 6.07) is 7.32. The summed E-state index contributed by atoms with van der Waals surface area (Å²) in [5, 5.41) is 0. The van der Waals surface area contributed by atoms with Crippen LogP contribution < -0.4 is 9.46 Å². The van der Waals surface area contributed by atoms with Gasteiger partial charge >= 0.3 is 0 Å². The molecule has 0 aromatic heterocycles. The van der Waals surface area contributed by atoms with Crippen molar-refractivity contribution < 1.29 is 13.2 Å². The van der Waals surface area contributed by atoms with E-state index in [0.717, 1.165) is 17.6 Å². The molecular weight excluding hydrogens is 214 g/mol. The van der Waals surface area contributed by atoms with Crippen molar-refractivity contribution in [3.63, 3.8) is 0 Å². The summed E-state index contributed by atoms with van der Waals surface area (Å²) >= 11 is 0. The standard InChI is InChI=1S/C10H15NO3S/c1-3-14-10-6-4-9(5-7-10)8-11-15(2,12)13/h4-7,11H,3,8H2,1-2H3. The Morgan fingerprint density at radius 2 is 1.87 bits per heavy atom. The van der Waals surface area contributed by atoms with Crippen LogP contribution in [0, 0.1) is 0 Å². The Bertz CT molecular complexity index is 397. The molecule has 0 saturated heterocycles. The van der Waals surface area contributed by atoms with E-state index in [-0.39, 0.29) is 0 Å². The average molecular weight is 229 g/mol. The quantitative estimate of drug-likeness (QED) is 0.823. The topological polar surface area (TPSA) is 55.4 Å². The molecule has 0 aliphatic heterocycles. The van der Waals surface area contributed by atoms with Crippen LogP contribution in [0.4, 0.5) is 0 Å². The fraction of sp³-hybridized carbons (Fsp3) is 0.400. The Morgan fingerprint density at radius 1 is 1.27 bits per heavy atom. The molecule has 0 unspecified atom stereocenters. The molecule has 4 nitrogen and oxygen atoms in total. The highest BCUT2D eigenvalue weighted by atomic mass is 32.2.